The van der Waals surface area contributed by atoms with Gasteiger partial charge in [0.25, 0.3) is 0 Å². The number of hydrogen-bond acceptors (Lipinski definition) is 4. The van der Waals surface area contributed by atoms with Gasteiger partial charge in [-0.3, -0.25) is 4.79 Å². The Labute approximate surface area is 195 Å². The molecule has 1 heterocycles. The predicted molar refractivity (Wildman–Crippen MR) is 129 cm³/mol. The average molecular weight is 476 g/mol. The van der Waals surface area contributed by atoms with Gasteiger partial charge in [-0.15, -0.1) is 0 Å². The fourth-order valence-corrected chi connectivity index (χ4v) is 5.76. The van der Waals surface area contributed by atoms with Crippen LogP contribution in [0.4, 0.5) is 0 Å². The van der Waals surface area contributed by atoms with E-state index in [0.29, 0.717) is 22.6 Å². The number of amides is 1. The molecule has 172 valence electrons. The van der Waals surface area contributed by atoms with Crippen molar-refractivity contribution in [3.63, 3.8) is 0 Å². The van der Waals surface area contributed by atoms with Crippen LogP contribution in [-0.2, 0) is 21.2 Å². The molecule has 0 radical (unpaired) electrons. The zero-order chi connectivity index (χ0) is 23.3. The summed E-state index contributed by atoms with van der Waals surface area (Å²) in [6, 6.07) is 13.4. The number of nitrogens with one attached hydrogen (secondary N) is 1. The van der Waals surface area contributed by atoms with Gasteiger partial charge in [0.2, 0.25) is 15.7 Å². The molecule has 8 heteroatoms. The molecule has 0 spiro atoms. The summed E-state index contributed by atoms with van der Waals surface area (Å²) in [5, 5.41) is 4.04. The van der Waals surface area contributed by atoms with E-state index in [1.54, 1.807) is 35.8 Å². The molecule has 32 heavy (non-hydrogen) atoms. The van der Waals surface area contributed by atoms with E-state index in [9.17, 15) is 13.2 Å². The van der Waals surface area contributed by atoms with E-state index in [-0.39, 0.29) is 22.2 Å². The first-order valence-corrected chi connectivity index (χ1v) is 12.7. The summed E-state index contributed by atoms with van der Waals surface area (Å²) >= 11 is 5.94. The van der Waals surface area contributed by atoms with Gasteiger partial charge in [0.05, 0.1) is 10.4 Å². The summed E-state index contributed by atoms with van der Waals surface area (Å²) < 4.78 is 28.7. The lowest BCUT2D eigenvalue weighted by Crippen LogP contribution is -2.32. The van der Waals surface area contributed by atoms with E-state index in [1.807, 2.05) is 12.1 Å². The summed E-state index contributed by atoms with van der Waals surface area (Å²) in [5.41, 5.74) is 1.26. The standard InChI is InChI=1S/C24H30ClN3O3S/c1-4-27(5-2)16-8-15-26-23(29)17-28-18(3)24(21-9-6-7-10-22(21)28)32(30,31)20-13-11-19(25)12-14-20/h6-7,9-14H,4-5,8,15-17H2,1-3H3,(H,26,29). The Morgan fingerprint density at radius 2 is 1.72 bits per heavy atom. The number of carbonyl (C=O) groups is 1. The largest absolute Gasteiger partial charge is 0.355 e. The molecule has 0 fully saturated rings. The first-order chi connectivity index (χ1) is 15.3. The van der Waals surface area contributed by atoms with Crippen molar-refractivity contribution in [1.82, 2.24) is 14.8 Å². The number of carbonyl (C=O) groups excluding carboxylic acids is 1. The van der Waals surface area contributed by atoms with Crippen LogP contribution < -0.4 is 5.32 Å². The second kappa shape index (κ2) is 10.5. The van der Waals surface area contributed by atoms with Gasteiger partial charge in [-0.1, -0.05) is 43.6 Å². The molecule has 0 bridgehead atoms. The summed E-state index contributed by atoms with van der Waals surface area (Å²) in [5.74, 6) is -0.135. The fourth-order valence-electron chi connectivity index (χ4n) is 3.94. The molecule has 1 aromatic heterocycles. The molecule has 0 saturated heterocycles. The molecule has 0 aliphatic carbocycles. The number of aromatic nitrogens is 1. The maximum absolute atomic E-state index is 13.4. The number of para-hydroxylation sites is 1. The van der Waals surface area contributed by atoms with Crippen LogP contribution in [0.25, 0.3) is 10.9 Å². The van der Waals surface area contributed by atoms with Crippen molar-refractivity contribution in [3.8, 4) is 0 Å². The molecule has 3 rings (SSSR count). The molecule has 2 aromatic carbocycles. The van der Waals surface area contributed by atoms with Crippen LogP contribution >= 0.6 is 11.6 Å². The lowest BCUT2D eigenvalue weighted by Gasteiger charge is -2.17. The Kier molecular flexibility index (Phi) is 7.98. The van der Waals surface area contributed by atoms with Crippen molar-refractivity contribution in [3.05, 3.63) is 59.2 Å². The van der Waals surface area contributed by atoms with Gasteiger partial charge >= 0.3 is 0 Å². The Morgan fingerprint density at radius 1 is 1.06 bits per heavy atom. The molecule has 0 unspecified atom stereocenters. The first kappa shape index (κ1) is 24.3. The van der Waals surface area contributed by atoms with Gasteiger partial charge in [-0.2, -0.15) is 0 Å². The Morgan fingerprint density at radius 3 is 2.38 bits per heavy atom. The zero-order valence-corrected chi connectivity index (χ0v) is 20.3. The highest BCUT2D eigenvalue weighted by atomic mass is 35.5. The number of hydrogen-bond donors (Lipinski definition) is 1. The van der Waals surface area contributed by atoms with Gasteiger partial charge in [0.1, 0.15) is 11.4 Å². The van der Waals surface area contributed by atoms with Crippen LogP contribution in [0.1, 0.15) is 26.0 Å². The number of halogens is 1. The average Bonchev–Trinajstić information content (AvgIpc) is 3.06. The molecule has 0 aliphatic heterocycles. The van der Waals surface area contributed by atoms with Crippen LogP contribution in [0, 0.1) is 6.92 Å². The molecule has 0 saturated carbocycles. The highest BCUT2D eigenvalue weighted by Crippen LogP contribution is 2.34. The van der Waals surface area contributed by atoms with Crippen molar-refractivity contribution in [2.75, 3.05) is 26.2 Å². The van der Waals surface area contributed by atoms with Gasteiger partial charge in [-0.25, -0.2) is 8.42 Å². The third-order valence-corrected chi connectivity index (χ3v) is 7.93. The third-order valence-electron chi connectivity index (χ3n) is 5.74. The van der Waals surface area contributed by atoms with Crippen LogP contribution in [0.15, 0.2) is 58.3 Å². The minimum absolute atomic E-state index is 0.0632. The maximum atomic E-state index is 13.4. The summed E-state index contributed by atoms with van der Waals surface area (Å²) in [4.78, 5) is 15.4. The molecule has 1 N–H and O–H groups in total. The quantitative estimate of drug-likeness (QED) is 0.444. The highest BCUT2D eigenvalue weighted by Gasteiger charge is 2.27. The van der Waals surface area contributed by atoms with Crippen molar-refractivity contribution in [2.24, 2.45) is 0 Å². The molecular formula is C24H30ClN3O3S. The normalized spacial score (nSPS) is 11.9. The summed E-state index contributed by atoms with van der Waals surface area (Å²) in [6.07, 6.45) is 0.870. The number of benzene rings is 2. The number of fused-ring (bicyclic) bond motifs is 1. The molecule has 6 nitrogen and oxygen atoms in total. The predicted octanol–water partition coefficient (Wildman–Crippen LogP) is 4.28. The van der Waals surface area contributed by atoms with Gasteiger partial charge in [0.15, 0.2) is 0 Å². The van der Waals surface area contributed by atoms with E-state index in [1.165, 1.54) is 12.1 Å². The lowest BCUT2D eigenvalue weighted by molar-refractivity contribution is -0.121. The van der Waals surface area contributed by atoms with E-state index >= 15 is 0 Å². The van der Waals surface area contributed by atoms with Crippen LogP contribution in [0.3, 0.4) is 0 Å². The van der Waals surface area contributed by atoms with Gasteiger partial charge in [0, 0.05) is 22.6 Å². The summed E-state index contributed by atoms with van der Waals surface area (Å²) in [6.45, 7) is 9.55. The Bertz CT molecular complexity index is 1180. The van der Waals surface area contributed by atoms with Crippen LogP contribution in [-0.4, -0.2) is 50.0 Å². The van der Waals surface area contributed by atoms with E-state index in [4.69, 9.17) is 11.6 Å². The minimum atomic E-state index is -3.78. The van der Waals surface area contributed by atoms with Crippen molar-refractivity contribution < 1.29 is 13.2 Å². The highest BCUT2D eigenvalue weighted by molar-refractivity contribution is 7.91. The minimum Gasteiger partial charge on any atom is -0.355 e. The van der Waals surface area contributed by atoms with Crippen molar-refractivity contribution in [1.29, 1.82) is 0 Å². The molecular weight excluding hydrogens is 446 g/mol. The van der Waals surface area contributed by atoms with Crippen LogP contribution in [0.5, 0.6) is 0 Å². The van der Waals surface area contributed by atoms with Crippen molar-refractivity contribution in [2.45, 2.75) is 43.5 Å². The topological polar surface area (TPSA) is 71.4 Å². The van der Waals surface area contributed by atoms with Gasteiger partial charge in [-0.05, 0) is 63.3 Å². The van der Waals surface area contributed by atoms with Gasteiger partial charge < -0.3 is 14.8 Å². The number of rotatable bonds is 10. The maximum Gasteiger partial charge on any atom is 0.239 e. The molecule has 1 amide bonds. The second-order valence-corrected chi connectivity index (χ2v) is 10.0. The Balaban J connectivity index is 1.86. The van der Waals surface area contributed by atoms with Crippen molar-refractivity contribution >= 4 is 38.2 Å². The summed E-state index contributed by atoms with van der Waals surface area (Å²) in [7, 11) is -3.78. The Hall–Kier alpha value is -2.35. The zero-order valence-electron chi connectivity index (χ0n) is 18.8. The SMILES string of the molecule is CCN(CC)CCCNC(=O)Cn1c(C)c(S(=O)(=O)c2ccc(Cl)cc2)c2ccccc21. The lowest BCUT2D eigenvalue weighted by atomic mass is 10.2. The number of sulfone groups is 1. The van der Waals surface area contributed by atoms with E-state index in [2.05, 4.69) is 24.1 Å². The van der Waals surface area contributed by atoms with Crippen LogP contribution in [0.2, 0.25) is 5.02 Å². The smallest absolute Gasteiger partial charge is 0.239 e. The molecule has 0 aliphatic rings. The fraction of sp³-hybridized carbons (Fsp3) is 0.375. The first-order valence-electron chi connectivity index (χ1n) is 10.9. The second-order valence-electron chi connectivity index (χ2n) is 7.71. The molecule has 0 atom stereocenters. The number of nitrogens with zero attached hydrogens (tertiary/aromatic N) is 2. The molecule has 3 aromatic rings. The third kappa shape index (κ3) is 5.17. The van der Waals surface area contributed by atoms with E-state index < -0.39 is 9.84 Å². The van der Waals surface area contributed by atoms with E-state index in [0.717, 1.165) is 31.6 Å². The monoisotopic (exact) mass is 475 g/mol.